The summed E-state index contributed by atoms with van der Waals surface area (Å²) < 4.78 is 0. The Labute approximate surface area is 97.7 Å². The first-order chi connectivity index (χ1) is 7.83. The van der Waals surface area contributed by atoms with E-state index in [2.05, 4.69) is 36.5 Å². The zero-order valence-electron chi connectivity index (χ0n) is 9.95. The van der Waals surface area contributed by atoms with Crippen LogP contribution in [0.25, 0.3) is 0 Å². The Kier molecular flexibility index (Phi) is 3.97. The van der Waals surface area contributed by atoms with Crippen LogP contribution in [0.3, 0.4) is 0 Å². The number of aliphatic hydroxyl groups is 1. The van der Waals surface area contributed by atoms with Gasteiger partial charge in [-0.05, 0) is 30.4 Å². The van der Waals surface area contributed by atoms with E-state index in [1.54, 1.807) is 0 Å². The van der Waals surface area contributed by atoms with Crippen LogP contribution in [0.4, 0.5) is 0 Å². The SMILES string of the molecule is CCCc1ccc(C(CO)NC2CC2)cc1. The molecule has 1 aliphatic carbocycles. The Bertz CT molecular complexity index is 316. The first-order valence-electron chi connectivity index (χ1n) is 6.29. The second-order valence-electron chi connectivity index (χ2n) is 4.67. The lowest BCUT2D eigenvalue weighted by Gasteiger charge is -2.16. The summed E-state index contributed by atoms with van der Waals surface area (Å²) in [6, 6.07) is 9.38. The molecule has 2 heteroatoms. The van der Waals surface area contributed by atoms with E-state index in [4.69, 9.17) is 0 Å². The van der Waals surface area contributed by atoms with Gasteiger partial charge in [0.2, 0.25) is 0 Å². The van der Waals surface area contributed by atoms with Crippen LogP contribution in [0, 0.1) is 0 Å². The van der Waals surface area contributed by atoms with Crippen molar-refractivity contribution in [2.75, 3.05) is 6.61 Å². The van der Waals surface area contributed by atoms with Gasteiger partial charge in [0.05, 0.1) is 12.6 Å². The Morgan fingerprint density at radius 3 is 2.50 bits per heavy atom. The average molecular weight is 219 g/mol. The Morgan fingerprint density at radius 2 is 2.00 bits per heavy atom. The molecule has 0 aromatic heterocycles. The Hall–Kier alpha value is -0.860. The van der Waals surface area contributed by atoms with E-state index in [0.29, 0.717) is 6.04 Å². The van der Waals surface area contributed by atoms with Crippen LogP contribution >= 0.6 is 0 Å². The summed E-state index contributed by atoms with van der Waals surface area (Å²) in [7, 11) is 0. The fourth-order valence-electron chi connectivity index (χ4n) is 1.99. The van der Waals surface area contributed by atoms with Gasteiger partial charge in [0, 0.05) is 6.04 Å². The van der Waals surface area contributed by atoms with Crippen molar-refractivity contribution in [3.05, 3.63) is 35.4 Å². The maximum absolute atomic E-state index is 9.37. The van der Waals surface area contributed by atoms with Crippen molar-refractivity contribution < 1.29 is 5.11 Å². The fraction of sp³-hybridized carbons (Fsp3) is 0.571. The van der Waals surface area contributed by atoms with Crippen LogP contribution in [0.15, 0.2) is 24.3 Å². The number of aryl methyl sites for hydroxylation is 1. The molecule has 1 aliphatic rings. The molecule has 0 aliphatic heterocycles. The van der Waals surface area contributed by atoms with Gasteiger partial charge in [0.1, 0.15) is 0 Å². The second kappa shape index (κ2) is 5.46. The number of benzene rings is 1. The minimum absolute atomic E-state index is 0.114. The van der Waals surface area contributed by atoms with Crippen LogP contribution in [0.5, 0.6) is 0 Å². The van der Waals surface area contributed by atoms with Crippen molar-refractivity contribution in [2.45, 2.75) is 44.7 Å². The predicted molar refractivity (Wildman–Crippen MR) is 66.4 cm³/mol. The molecule has 1 saturated carbocycles. The summed E-state index contributed by atoms with van der Waals surface area (Å²) in [6.45, 7) is 2.38. The summed E-state index contributed by atoms with van der Waals surface area (Å²) in [5.41, 5.74) is 2.59. The minimum atomic E-state index is 0.114. The van der Waals surface area contributed by atoms with E-state index in [1.807, 2.05) is 0 Å². The molecule has 88 valence electrons. The second-order valence-corrected chi connectivity index (χ2v) is 4.67. The zero-order valence-corrected chi connectivity index (χ0v) is 9.95. The van der Waals surface area contributed by atoms with Gasteiger partial charge in [-0.3, -0.25) is 0 Å². The number of hydrogen-bond donors (Lipinski definition) is 2. The molecule has 16 heavy (non-hydrogen) atoms. The van der Waals surface area contributed by atoms with E-state index in [-0.39, 0.29) is 12.6 Å². The summed E-state index contributed by atoms with van der Waals surface area (Å²) in [4.78, 5) is 0. The van der Waals surface area contributed by atoms with E-state index in [9.17, 15) is 5.11 Å². The van der Waals surface area contributed by atoms with Gasteiger partial charge in [-0.2, -0.15) is 0 Å². The van der Waals surface area contributed by atoms with Gasteiger partial charge in [-0.25, -0.2) is 0 Å². The van der Waals surface area contributed by atoms with E-state index >= 15 is 0 Å². The minimum Gasteiger partial charge on any atom is -0.394 e. The van der Waals surface area contributed by atoms with Gasteiger partial charge in [0.15, 0.2) is 0 Å². The molecule has 1 fully saturated rings. The highest BCUT2D eigenvalue weighted by atomic mass is 16.3. The third-order valence-corrected chi connectivity index (χ3v) is 3.12. The molecule has 0 saturated heterocycles. The lowest BCUT2D eigenvalue weighted by molar-refractivity contribution is 0.243. The first-order valence-corrected chi connectivity index (χ1v) is 6.29. The molecule has 1 aromatic carbocycles. The first kappa shape index (κ1) is 11.6. The third-order valence-electron chi connectivity index (χ3n) is 3.12. The summed E-state index contributed by atoms with van der Waals surface area (Å²) in [5.74, 6) is 0. The van der Waals surface area contributed by atoms with E-state index in [1.165, 1.54) is 30.4 Å². The van der Waals surface area contributed by atoms with Crippen LogP contribution in [-0.4, -0.2) is 17.8 Å². The topological polar surface area (TPSA) is 32.3 Å². The van der Waals surface area contributed by atoms with Crippen LogP contribution in [0.2, 0.25) is 0 Å². The third kappa shape index (κ3) is 3.06. The predicted octanol–water partition coefficient (Wildman–Crippen LogP) is 2.42. The van der Waals surface area contributed by atoms with Gasteiger partial charge in [-0.15, -0.1) is 0 Å². The smallest absolute Gasteiger partial charge is 0.0626 e. The monoisotopic (exact) mass is 219 g/mol. The standard InChI is InChI=1S/C14H21NO/c1-2-3-11-4-6-12(7-5-11)14(10-16)15-13-8-9-13/h4-7,13-16H,2-3,8-10H2,1H3. The fourth-order valence-corrected chi connectivity index (χ4v) is 1.99. The van der Waals surface area contributed by atoms with Gasteiger partial charge in [-0.1, -0.05) is 37.6 Å². The van der Waals surface area contributed by atoms with Gasteiger partial charge >= 0.3 is 0 Å². The highest BCUT2D eigenvalue weighted by molar-refractivity contribution is 5.25. The molecule has 2 rings (SSSR count). The van der Waals surface area contributed by atoms with Crippen molar-refractivity contribution in [2.24, 2.45) is 0 Å². The van der Waals surface area contributed by atoms with Crippen LogP contribution in [-0.2, 0) is 6.42 Å². The maximum atomic E-state index is 9.37. The summed E-state index contributed by atoms with van der Waals surface area (Å²) in [5, 5.41) is 12.8. The lowest BCUT2D eigenvalue weighted by Crippen LogP contribution is -2.26. The molecule has 1 unspecified atom stereocenters. The molecule has 2 nitrogen and oxygen atoms in total. The molecular weight excluding hydrogens is 198 g/mol. The zero-order chi connectivity index (χ0) is 11.4. The van der Waals surface area contributed by atoms with Crippen molar-refractivity contribution in [1.29, 1.82) is 0 Å². The van der Waals surface area contributed by atoms with Crippen LogP contribution in [0.1, 0.15) is 43.4 Å². The maximum Gasteiger partial charge on any atom is 0.0626 e. The Morgan fingerprint density at radius 1 is 1.31 bits per heavy atom. The lowest BCUT2D eigenvalue weighted by atomic mass is 10.0. The van der Waals surface area contributed by atoms with Crippen molar-refractivity contribution in [1.82, 2.24) is 5.32 Å². The molecule has 0 bridgehead atoms. The normalized spacial score (nSPS) is 17.4. The quantitative estimate of drug-likeness (QED) is 0.770. The molecule has 1 atom stereocenters. The number of nitrogens with one attached hydrogen (secondary N) is 1. The number of aliphatic hydroxyl groups excluding tert-OH is 1. The molecule has 0 heterocycles. The van der Waals surface area contributed by atoms with E-state index < -0.39 is 0 Å². The van der Waals surface area contributed by atoms with Gasteiger partial charge < -0.3 is 10.4 Å². The molecule has 1 aromatic rings. The molecule has 0 spiro atoms. The van der Waals surface area contributed by atoms with Crippen molar-refractivity contribution in [3.63, 3.8) is 0 Å². The molecule has 0 amide bonds. The van der Waals surface area contributed by atoms with Crippen molar-refractivity contribution >= 4 is 0 Å². The number of rotatable bonds is 6. The highest BCUT2D eigenvalue weighted by Gasteiger charge is 2.24. The highest BCUT2D eigenvalue weighted by Crippen LogP contribution is 2.24. The largest absolute Gasteiger partial charge is 0.394 e. The summed E-state index contributed by atoms with van der Waals surface area (Å²) in [6.07, 6.45) is 4.83. The van der Waals surface area contributed by atoms with Crippen LogP contribution < -0.4 is 5.32 Å². The van der Waals surface area contributed by atoms with Gasteiger partial charge in [0.25, 0.3) is 0 Å². The molecule has 0 radical (unpaired) electrons. The Balaban J connectivity index is 1.99. The van der Waals surface area contributed by atoms with E-state index in [0.717, 1.165) is 6.42 Å². The average Bonchev–Trinajstić information content (AvgIpc) is 3.11. The molecule has 2 N–H and O–H groups in total. The molecular formula is C14H21NO. The number of hydrogen-bond acceptors (Lipinski definition) is 2. The summed E-state index contributed by atoms with van der Waals surface area (Å²) >= 11 is 0. The van der Waals surface area contributed by atoms with Crippen molar-refractivity contribution in [3.8, 4) is 0 Å².